The number of hydrogen-bond acceptors (Lipinski definition) is 3. The fraction of sp³-hybridized carbons (Fsp3) is 0.714. The second kappa shape index (κ2) is 2.53. The van der Waals surface area contributed by atoms with Gasteiger partial charge in [0.05, 0.1) is 12.1 Å². The molecule has 0 radical (unpaired) electrons. The average molecular weight is 157 g/mol. The van der Waals surface area contributed by atoms with Crippen molar-refractivity contribution in [2.45, 2.75) is 32.3 Å². The second-order valence-corrected chi connectivity index (χ2v) is 3.26. The molecule has 11 heavy (non-hydrogen) atoms. The van der Waals surface area contributed by atoms with Crippen molar-refractivity contribution in [1.82, 2.24) is 0 Å². The van der Waals surface area contributed by atoms with Crippen LogP contribution in [0.25, 0.3) is 0 Å². The van der Waals surface area contributed by atoms with E-state index in [1.165, 1.54) is 0 Å². The molecule has 1 aliphatic rings. The van der Waals surface area contributed by atoms with E-state index in [4.69, 9.17) is 9.94 Å². The third-order valence-corrected chi connectivity index (χ3v) is 1.41. The highest BCUT2D eigenvalue weighted by Gasteiger charge is 2.29. The van der Waals surface area contributed by atoms with E-state index in [0.29, 0.717) is 12.1 Å². The minimum Gasteiger partial charge on any atom is -0.481 e. The van der Waals surface area contributed by atoms with E-state index in [9.17, 15) is 4.79 Å². The second-order valence-electron chi connectivity index (χ2n) is 3.26. The number of carboxylic acids is 1. The van der Waals surface area contributed by atoms with Gasteiger partial charge in [-0.25, -0.2) is 0 Å². The van der Waals surface area contributed by atoms with Crippen LogP contribution in [0.3, 0.4) is 0 Å². The maximum absolute atomic E-state index is 10.2. The number of carboxylic acid groups (broad SMARTS) is 1. The molecule has 0 aromatic heterocycles. The molecule has 4 nitrogen and oxygen atoms in total. The van der Waals surface area contributed by atoms with E-state index >= 15 is 0 Å². The minimum atomic E-state index is -0.856. The molecule has 0 spiro atoms. The number of oxime groups is 1. The molecule has 0 aromatic carbocycles. The quantitative estimate of drug-likeness (QED) is 0.650. The molecule has 0 aromatic rings. The van der Waals surface area contributed by atoms with Crippen molar-refractivity contribution in [1.29, 1.82) is 0 Å². The lowest BCUT2D eigenvalue weighted by molar-refractivity contribution is -0.135. The summed E-state index contributed by atoms with van der Waals surface area (Å²) in [6.07, 6.45) is 0.600. The molecule has 0 amide bonds. The molecule has 0 saturated heterocycles. The first-order valence-electron chi connectivity index (χ1n) is 3.45. The maximum atomic E-state index is 10.2. The number of aliphatic carboxylic acids is 1. The van der Waals surface area contributed by atoms with E-state index < -0.39 is 5.97 Å². The van der Waals surface area contributed by atoms with Crippen LogP contribution in [0.1, 0.15) is 26.7 Å². The topological polar surface area (TPSA) is 58.9 Å². The van der Waals surface area contributed by atoms with Gasteiger partial charge in [0.2, 0.25) is 0 Å². The number of hydrogen-bond donors (Lipinski definition) is 1. The molecule has 0 atom stereocenters. The van der Waals surface area contributed by atoms with Crippen molar-refractivity contribution in [3.8, 4) is 0 Å². The third kappa shape index (κ3) is 2.22. The first kappa shape index (κ1) is 8.04. The third-order valence-electron chi connectivity index (χ3n) is 1.41. The summed E-state index contributed by atoms with van der Waals surface area (Å²) in [4.78, 5) is 15.2. The molecular formula is C7H11NO3. The van der Waals surface area contributed by atoms with Gasteiger partial charge in [-0.05, 0) is 13.8 Å². The Morgan fingerprint density at radius 3 is 2.82 bits per heavy atom. The Bertz CT molecular complexity index is 208. The molecule has 0 fully saturated rings. The van der Waals surface area contributed by atoms with Gasteiger partial charge < -0.3 is 9.94 Å². The lowest BCUT2D eigenvalue weighted by Crippen LogP contribution is -2.19. The number of rotatable bonds is 2. The molecule has 1 rings (SSSR count). The Kier molecular flexibility index (Phi) is 1.85. The Morgan fingerprint density at radius 1 is 1.82 bits per heavy atom. The number of nitrogens with zero attached hydrogens (tertiary/aromatic N) is 1. The molecule has 1 N–H and O–H groups in total. The maximum Gasteiger partial charge on any atom is 0.309 e. The van der Waals surface area contributed by atoms with Crippen LogP contribution in [0.15, 0.2) is 5.16 Å². The fourth-order valence-corrected chi connectivity index (χ4v) is 1.01. The van der Waals surface area contributed by atoms with Crippen LogP contribution in [0, 0.1) is 0 Å². The van der Waals surface area contributed by atoms with Crippen LogP contribution >= 0.6 is 0 Å². The lowest BCUT2D eigenvalue weighted by Gasteiger charge is -2.12. The van der Waals surface area contributed by atoms with Gasteiger partial charge in [0.15, 0.2) is 0 Å². The zero-order valence-electron chi connectivity index (χ0n) is 6.63. The molecular weight excluding hydrogens is 146 g/mol. The van der Waals surface area contributed by atoms with Crippen LogP contribution in [0.5, 0.6) is 0 Å². The highest BCUT2D eigenvalue weighted by molar-refractivity contribution is 5.99. The highest BCUT2D eigenvalue weighted by atomic mass is 16.7. The van der Waals surface area contributed by atoms with Crippen molar-refractivity contribution in [2.75, 3.05) is 0 Å². The highest BCUT2D eigenvalue weighted by Crippen LogP contribution is 2.23. The Morgan fingerprint density at radius 2 is 2.45 bits per heavy atom. The minimum absolute atomic E-state index is 0.0105. The van der Waals surface area contributed by atoms with E-state index in [-0.39, 0.29) is 12.0 Å². The monoisotopic (exact) mass is 157 g/mol. The van der Waals surface area contributed by atoms with Crippen LogP contribution in [0.2, 0.25) is 0 Å². The predicted molar refractivity (Wildman–Crippen MR) is 39.5 cm³/mol. The zero-order valence-corrected chi connectivity index (χ0v) is 6.63. The first-order valence-corrected chi connectivity index (χ1v) is 3.45. The average Bonchev–Trinajstić information content (AvgIpc) is 2.08. The largest absolute Gasteiger partial charge is 0.481 e. The van der Waals surface area contributed by atoms with Crippen LogP contribution in [0.4, 0.5) is 0 Å². The molecule has 4 heteroatoms. The lowest BCUT2D eigenvalue weighted by atomic mass is 10.0. The van der Waals surface area contributed by atoms with Crippen molar-refractivity contribution in [2.24, 2.45) is 5.16 Å². The molecule has 1 heterocycles. The van der Waals surface area contributed by atoms with Gasteiger partial charge in [-0.1, -0.05) is 5.16 Å². The van der Waals surface area contributed by atoms with E-state index in [1.807, 2.05) is 13.8 Å². The van der Waals surface area contributed by atoms with Crippen LogP contribution < -0.4 is 0 Å². The van der Waals surface area contributed by atoms with Gasteiger partial charge in [0.1, 0.15) is 5.60 Å². The van der Waals surface area contributed by atoms with E-state index in [0.717, 1.165) is 0 Å². The first-order chi connectivity index (χ1) is 4.99. The zero-order chi connectivity index (χ0) is 8.48. The van der Waals surface area contributed by atoms with E-state index in [1.54, 1.807) is 0 Å². The summed E-state index contributed by atoms with van der Waals surface area (Å²) in [5, 5.41) is 12.1. The van der Waals surface area contributed by atoms with Gasteiger partial charge in [-0.2, -0.15) is 0 Å². The summed E-state index contributed by atoms with van der Waals surface area (Å²) in [5.41, 5.74) is 0.299. The normalized spacial score (nSPS) is 20.7. The van der Waals surface area contributed by atoms with Gasteiger partial charge in [-0.3, -0.25) is 4.79 Å². The molecule has 0 aliphatic carbocycles. The predicted octanol–water partition coefficient (Wildman–Crippen LogP) is 1.02. The molecule has 0 unspecified atom stereocenters. The van der Waals surface area contributed by atoms with Gasteiger partial charge >= 0.3 is 5.97 Å². The summed E-state index contributed by atoms with van der Waals surface area (Å²) in [6, 6.07) is 0. The van der Waals surface area contributed by atoms with Crippen molar-refractivity contribution in [3.63, 3.8) is 0 Å². The van der Waals surface area contributed by atoms with Crippen LogP contribution in [-0.4, -0.2) is 22.4 Å². The fourth-order valence-electron chi connectivity index (χ4n) is 1.01. The van der Waals surface area contributed by atoms with Gasteiger partial charge in [-0.15, -0.1) is 0 Å². The molecule has 0 bridgehead atoms. The van der Waals surface area contributed by atoms with E-state index in [2.05, 4.69) is 5.16 Å². The van der Waals surface area contributed by atoms with Crippen LogP contribution in [-0.2, 0) is 9.63 Å². The summed E-state index contributed by atoms with van der Waals surface area (Å²) >= 11 is 0. The van der Waals surface area contributed by atoms with Gasteiger partial charge in [0, 0.05) is 6.42 Å². The molecule has 1 aliphatic heterocycles. The van der Waals surface area contributed by atoms with Gasteiger partial charge in [0.25, 0.3) is 0 Å². The summed E-state index contributed by atoms with van der Waals surface area (Å²) in [7, 11) is 0. The number of carbonyl (C=O) groups is 1. The Labute approximate surface area is 64.8 Å². The Hall–Kier alpha value is -1.06. The Balaban J connectivity index is 2.47. The standard InChI is InChI=1S/C7H11NO3/c1-7(2)4-5(8-11-7)3-6(9)10/h3-4H2,1-2H3,(H,9,10). The summed E-state index contributed by atoms with van der Waals surface area (Å²) in [6.45, 7) is 3.76. The SMILES string of the molecule is CC1(C)CC(CC(=O)O)=NO1. The molecule has 0 saturated carbocycles. The summed E-state index contributed by atoms with van der Waals surface area (Å²) in [5.74, 6) is -0.856. The van der Waals surface area contributed by atoms with Crippen molar-refractivity contribution < 1.29 is 14.7 Å². The smallest absolute Gasteiger partial charge is 0.309 e. The van der Waals surface area contributed by atoms with Crippen molar-refractivity contribution in [3.05, 3.63) is 0 Å². The van der Waals surface area contributed by atoms with Crippen molar-refractivity contribution >= 4 is 11.7 Å². The molecule has 62 valence electrons. The summed E-state index contributed by atoms with van der Waals surface area (Å²) < 4.78 is 0.